The Hall–Kier alpha value is -1.62. The largest absolute Gasteiger partial charge is 0.352 e. The number of nitro groups is 1. The van der Waals surface area contributed by atoms with Crippen LogP contribution in [0.1, 0.15) is 35.7 Å². The van der Waals surface area contributed by atoms with E-state index in [-0.39, 0.29) is 11.6 Å². The van der Waals surface area contributed by atoms with E-state index in [1.165, 1.54) is 18.2 Å². The van der Waals surface area contributed by atoms with Crippen LogP contribution < -0.4 is 5.32 Å². The van der Waals surface area contributed by atoms with E-state index >= 15 is 0 Å². The number of carbonyl (C=O) groups excluding carboxylic acids is 1. The average molecular weight is 299 g/mol. The number of aryl methyl sites for hydroxylation is 1. The predicted octanol–water partition coefficient (Wildman–Crippen LogP) is 3.29. The van der Waals surface area contributed by atoms with Gasteiger partial charge in [-0.2, -0.15) is 0 Å². The van der Waals surface area contributed by atoms with Crippen molar-refractivity contribution in [3.05, 3.63) is 39.4 Å². The van der Waals surface area contributed by atoms with Crippen LogP contribution in [-0.2, 0) is 0 Å². The summed E-state index contributed by atoms with van der Waals surface area (Å²) in [5.74, 6) is 0.862. The highest BCUT2D eigenvalue weighted by Gasteiger charge is 2.13. The summed E-state index contributed by atoms with van der Waals surface area (Å²) in [4.78, 5) is 22.1. The topological polar surface area (TPSA) is 72.2 Å². The van der Waals surface area contributed by atoms with Crippen molar-refractivity contribution < 1.29 is 9.72 Å². The van der Waals surface area contributed by atoms with Crippen LogP contribution in [-0.4, -0.2) is 23.3 Å². The van der Waals surface area contributed by atoms with Gasteiger partial charge >= 0.3 is 0 Å². The van der Waals surface area contributed by atoms with Crippen molar-refractivity contribution in [1.82, 2.24) is 5.32 Å². The molecule has 1 N–H and O–H groups in total. The normalized spacial score (nSPS) is 11.9. The molecule has 0 radical (unpaired) electrons. The predicted molar refractivity (Wildman–Crippen MR) is 79.3 cm³/mol. The Kier molecular flexibility index (Phi) is 6.45. The molecule has 1 amide bonds. The third kappa shape index (κ3) is 4.81. The Bertz CT molecular complexity index is 491. The maximum atomic E-state index is 12.0. The highest BCUT2D eigenvalue weighted by molar-refractivity contribution is 6.18. The highest BCUT2D eigenvalue weighted by atomic mass is 35.5. The molecular weight excluding hydrogens is 280 g/mol. The van der Waals surface area contributed by atoms with Gasteiger partial charge in [0.2, 0.25) is 0 Å². The SMILES string of the molecule is Cc1cc([N+](=O)[O-])ccc1C(=O)NCCCC(C)CCl. The van der Waals surface area contributed by atoms with Gasteiger partial charge in [-0.1, -0.05) is 6.92 Å². The van der Waals surface area contributed by atoms with Crippen LogP contribution in [0, 0.1) is 23.0 Å². The van der Waals surface area contributed by atoms with E-state index in [1.807, 2.05) is 0 Å². The first-order chi connectivity index (χ1) is 9.45. The summed E-state index contributed by atoms with van der Waals surface area (Å²) in [6, 6.07) is 4.24. The van der Waals surface area contributed by atoms with Crippen LogP contribution >= 0.6 is 11.6 Å². The molecule has 0 saturated carbocycles. The van der Waals surface area contributed by atoms with Crippen LogP contribution in [0.2, 0.25) is 0 Å². The number of hydrogen-bond acceptors (Lipinski definition) is 3. The zero-order chi connectivity index (χ0) is 15.1. The Morgan fingerprint density at radius 2 is 2.20 bits per heavy atom. The molecule has 0 fully saturated rings. The van der Waals surface area contributed by atoms with Crippen LogP contribution in [0.3, 0.4) is 0 Å². The third-order valence-corrected chi connectivity index (χ3v) is 3.61. The van der Waals surface area contributed by atoms with Gasteiger partial charge in [-0.25, -0.2) is 0 Å². The van der Waals surface area contributed by atoms with Gasteiger partial charge in [0.05, 0.1) is 4.92 Å². The van der Waals surface area contributed by atoms with E-state index in [2.05, 4.69) is 12.2 Å². The molecule has 6 heteroatoms. The van der Waals surface area contributed by atoms with Gasteiger partial charge in [0, 0.05) is 30.1 Å². The first-order valence-corrected chi connectivity index (χ1v) is 7.08. The number of hydrogen-bond donors (Lipinski definition) is 1. The number of carbonyl (C=O) groups is 1. The summed E-state index contributed by atoms with van der Waals surface area (Å²) in [6.07, 6.45) is 1.83. The van der Waals surface area contributed by atoms with Crippen molar-refractivity contribution in [2.24, 2.45) is 5.92 Å². The molecule has 0 aliphatic carbocycles. The van der Waals surface area contributed by atoms with E-state index < -0.39 is 4.92 Å². The van der Waals surface area contributed by atoms with Crippen molar-refractivity contribution in [3.63, 3.8) is 0 Å². The Morgan fingerprint density at radius 1 is 1.50 bits per heavy atom. The molecular formula is C14H19ClN2O3. The lowest BCUT2D eigenvalue weighted by Crippen LogP contribution is -2.25. The van der Waals surface area contributed by atoms with E-state index in [4.69, 9.17) is 11.6 Å². The second kappa shape index (κ2) is 7.85. The molecule has 5 nitrogen and oxygen atoms in total. The van der Waals surface area contributed by atoms with Gasteiger partial charge in [0.1, 0.15) is 0 Å². The number of nitrogens with one attached hydrogen (secondary N) is 1. The first kappa shape index (κ1) is 16.4. The van der Waals surface area contributed by atoms with Gasteiger partial charge < -0.3 is 5.32 Å². The highest BCUT2D eigenvalue weighted by Crippen LogP contribution is 2.17. The molecule has 0 bridgehead atoms. The lowest BCUT2D eigenvalue weighted by molar-refractivity contribution is -0.384. The van der Waals surface area contributed by atoms with Gasteiger partial charge in [-0.3, -0.25) is 14.9 Å². The van der Waals surface area contributed by atoms with Crippen molar-refractivity contribution in [1.29, 1.82) is 0 Å². The summed E-state index contributed by atoms with van der Waals surface area (Å²) in [6.45, 7) is 4.34. The number of amides is 1. The number of nitrogens with zero attached hydrogens (tertiary/aromatic N) is 1. The van der Waals surface area contributed by atoms with E-state index in [9.17, 15) is 14.9 Å². The molecule has 110 valence electrons. The fourth-order valence-electron chi connectivity index (χ4n) is 1.84. The first-order valence-electron chi connectivity index (χ1n) is 6.55. The summed E-state index contributed by atoms with van der Waals surface area (Å²) < 4.78 is 0. The van der Waals surface area contributed by atoms with Crippen LogP contribution in [0.25, 0.3) is 0 Å². The van der Waals surface area contributed by atoms with Gasteiger partial charge in [-0.15, -0.1) is 11.6 Å². The molecule has 0 aliphatic heterocycles. The number of halogens is 1. The maximum Gasteiger partial charge on any atom is 0.269 e. The molecule has 0 saturated heterocycles. The number of nitro benzene ring substituents is 1. The number of rotatable bonds is 7. The molecule has 0 aromatic heterocycles. The Balaban J connectivity index is 2.53. The lowest BCUT2D eigenvalue weighted by Gasteiger charge is -2.09. The monoisotopic (exact) mass is 298 g/mol. The molecule has 0 heterocycles. The summed E-state index contributed by atoms with van der Waals surface area (Å²) in [5.41, 5.74) is 1.07. The third-order valence-electron chi connectivity index (χ3n) is 3.09. The fraction of sp³-hybridized carbons (Fsp3) is 0.500. The number of alkyl halides is 1. The summed E-state index contributed by atoms with van der Waals surface area (Å²) in [5, 5.41) is 13.4. The van der Waals surface area contributed by atoms with Crippen LogP contribution in [0.15, 0.2) is 18.2 Å². The van der Waals surface area contributed by atoms with E-state index in [1.54, 1.807) is 6.92 Å². The van der Waals surface area contributed by atoms with Gasteiger partial charge in [0.15, 0.2) is 0 Å². The van der Waals surface area contributed by atoms with Gasteiger partial charge in [0.25, 0.3) is 11.6 Å². The molecule has 0 aliphatic rings. The molecule has 1 aromatic carbocycles. The van der Waals surface area contributed by atoms with Crippen LogP contribution in [0.4, 0.5) is 5.69 Å². The quantitative estimate of drug-likeness (QED) is 0.363. The number of benzene rings is 1. The molecule has 1 atom stereocenters. The smallest absolute Gasteiger partial charge is 0.269 e. The van der Waals surface area contributed by atoms with Crippen molar-refractivity contribution in [3.8, 4) is 0 Å². The standard InChI is InChI=1S/C14H19ClN2O3/c1-10(9-15)4-3-7-16-14(18)13-6-5-12(17(19)20)8-11(13)2/h5-6,8,10H,3-4,7,9H2,1-2H3,(H,16,18). The summed E-state index contributed by atoms with van der Waals surface area (Å²) in [7, 11) is 0. The minimum atomic E-state index is -0.470. The number of non-ortho nitro benzene ring substituents is 1. The second-order valence-electron chi connectivity index (χ2n) is 4.91. The fourth-order valence-corrected chi connectivity index (χ4v) is 2.00. The summed E-state index contributed by atoms with van der Waals surface area (Å²) >= 11 is 5.71. The zero-order valence-corrected chi connectivity index (χ0v) is 12.4. The maximum absolute atomic E-state index is 12.0. The Morgan fingerprint density at radius 3 is 2.75 bits per heavy atom. The molecule has 1 unspecified atom stereocenters. The molecule has 1 aromatic rings. The van der Waals surface area contributed by atoms with Crippen molar-refractivity contribution in [2.75, 3.05) is 12.4 Å². The zero-order valence-electron chi connectivity index (χ0n) is 11.7. The van der Waals surface area contributed by atoms with E-state index in [0.29, 0.717) is 29.5 Å². The minimum absolute atomic E-state index is 0.00464. The van der Waals surface area contributed by atoms with Crippen molar-refractivity contribution >= 4 is 23.2 Å². The second-order valence-corrected chi connectivity index (χ2v) is 5.22. The average Bonchev–Trinajstić information content (AvgIpc) is 2.42. The van der Waals surface area contributed by atoms with Crippen LogP contribution in [0.5, 0.6) is 0 Å². The molecule has 20 heavy (non-hydrogen) atoms. The molecule has 1 rings (SSSR count). The minimum Gasteiger partial charge on any atom is -0.352 e. The lowest BCUT2D eigenvalue weighted by atomic mass is 10.1. The van der Waals surface area contributed by atoms with E-state index in [0.717, 1.165) is 12.8 Å². The van der Waals surface area contributed by atoms with Crippen molar-refractivity contribution in [2.45, 2.75) is 26.7 Å². The Labute approximate surface area is 123 Å². The molecule has 0 spiro atoms. The van der Waals surface area contributed by atoms with Gasteiger partial charge in [-0.05, 0) is 37.3 Å².